The van der Waals surface area contributed by atoms with Crippen molar-refractivity contribution in [2.75, 3.05) is 0 Å². The van der Waals surface area contributed by atoms with Crippen LogP contribution in [0.1, 0.15) is 49.8 Å². The topological polar surface area (TPSA) is 0 Å². The molecule has 0 saturated carbocycles. The third kappa shape index (κ3) is 2.95. The Bertz CT molecular complexity index is 644. The van der Waals surface area contributed by atoms with E-state index in [1.165, 1.54) is 59.1 Å². The minimum atomic E-state index is 1.17. The molecule has 0 heteroatoms. The molecule has 107 valence electrons. The molecule has 0 atom stereocenters. The maximum atomic E-state index is 2.37. The van der Waals surface area contributed by atoms with Crippen LogP contribution in [0.15, 0.2) is 48.0 Å². The molecule has 0 fully saturated rings. The van der Waals surface area contributed by atoms with Gasteiger partial charge < -0.3 is 0 Å². The van der Waals surface area contributed by atoms with Crippen molar-refractivity contribution in [1.29, 1.82) is 0 Å². The summed E-state index contributed by atoms with van der Waals surface area (Å²) in [4.78, 5) is 0. The summed E-state index contributed by atoms with van der Waals surface area (Å²) in [6.07, 6.45) is 9.46. The lowest BCUT2D eigenvalue weighted by atomic mass is 9.96. The molecule has 0 aliphatic heterocycles. The van der Waals surface area contributed by atoms with Gasteiger partial charge in [-0.15, -0.1) is 0 Å². The zero-order chi connectivity index (χ0) is 14.7. The summed E-state index contributed by atoms with van der Waals surface area (Å²) in [5.41, 5.74) is 8.34. The number of aryl methyl sites for hydroxylation is 1. The lowest BCUT2D eigenvalue weighted by Crippen LogP contribution is -1.88. The molecule has 3 rings (SSSR count). The van der Waals surface area contributed by atoms with Gasteiger partial charge in [-0.3, -0.25) is 0 Å². The molecular weight excluding hydrogens is 252 g/mol. The van der Waals surface area contributed by atoms with E-state index >= 15 is 0 Å². The number of allylic oxidation sites excluding steroid dienone is 1. The molecule has 1 aliphatic carbocycles. The summed E-state index contributed by atoms with van der Waals surface area (Å²) in [5.74, 6) is 0. The number of hydrogen-bond acceptors (Lipinski definition) is 0. The van der Waals surface area contributed by atoms with Crippen molar-refractivity contribution in [3.8, 4) is 11.1 Å². The molecule has 0 nitrogen and oxygen atoms in total. The SMILES string of the molecule is CCCC1=Cc2c(cccc2-c2ccc(CCC)cc2)[CH]1. The van der Waals surface area contributed by atoms with Gasteiger partial charge in [0.2, 0.25) is 0 Å². The van der Waals surface area contributed by atoms with Gasteiger partial charge in [-0.1, -0.05) is 80.8 Å². The van der Waals surface area contributed by atoms with Crippen LogP contribution in [0.5, 0.6) is 0 Å². The average Bonchev–Trinajstić information content (AvgIpc) is 2.91. The van der Waals surface area contributed by atoms with Crippen LogP contribution in [0.4, 0.5) is 0 Å². The normalized spacial score (nSPS) is 13.1. The summed E-state index contributed by atoms with van der Waals surface area (Å²) in [6, 6.07) is 15.7. The first-order valence-electron chi connectivity index (χ1n) is 8.09. The van der Waals surface area contributed by atoms with E-state index in [0.29, 0.717) is 0 Å². The highest BCUT2D eigenvalue weighted by molar-refractivity contribution is 5.83. The Balaban J connectivity index is 1.95. The zero-order valence-electron chi connectivity index (χ0n) is 13.0. The maximum Gasteiger partial charge on any atom is 0.0164 e. The maximum absolute atomic E-state index is 2.37. The molecule has 0 aromatic heterocycles. The van der Waals surface area contributed by atoms with Crippen LogP contribution < -0.4 is 0 Å². The first-order valence-corrected chi connectivity index (χ1v) is 8.09. The molecule has 0 amide bonds. The van der Waals surface area contributed by atoms with Crippen molar-refractivity contribution < 1.29 is 0 Å². The van der Waals surface area contributed by atoms with Crippen LogP contribution in [0, 0.1) is 6.42 Å². The summed E-state index contributed by atoms with van der Waals surface area (Å²) >= 11 is 0. The minimum Gasteiger partial charge on any atom is -0.0651 e. The quantitative estimate of drug-likeness (QED) is 0.622. The number of hydrogen-bond donors (Lipinski definition) is 0. The predicted molar refractivity (Wildman–Crippen MR) is 92.2 cm³/mol. The second kappa shape index (κ2) is 6.30. The van der Waals surface area contributed by atoms with Gasteiger partial charge >= 0.3 is 0 Å². The van der Waals surface area contributed by atoms with E-state index in [1.807, 2.05) is 0 Å². The second-order valence-corrected chi connectivity index (χ2v) is 5.87. The van der Waals surface area contributed by atoms with Gasteiger partial charge in [0, 0.05) is 6.42 Å². The molecule has 0 bridgehead atoms. The molecule has 2 aromatic carbocycles. The fourth-order valence-electron chi connectivity index (χ4n) is 3.12. The van der Waals surface area contributed by atoms with Crippen LogP contribution in [0.3, 0.4) is 0 Å². The summed E-state index contributed by atoms with van der Waals surface area (Å²) in [7, 11) is 0. The molecule has 2 aromatic rings. The van der Waals surface area contributed by atoms with Crippen LogP contribution in [0.2, 0.25) is 0 Å². The number of benzene rings is 2. The molecule has 0 saturated heterocycles. The van der Waals surface area contributed by atoms with Crippen molar-refractivity contribution in [3.05, 3.63) is 71.1 Å². The van der Waals surface area contributed by atoms with Crippen molar-refractivity contribution in [3.63, 3.8) is 0 Å². The van der Waals surface area contributed by atoms with E-state index in [9.17, 15) is 0 Å². The van der Waals surface area contributed by atoms with Gasteiger partial charge in [0.05, 0.1) is 0 Å². The summed E-state index contributed by atoms with van der Waals surface area (Å²) in [6.45, 7) is 4.47. The number of rotatable bonds is 5. The van der Waals surface area contributed by atoms with E-state index < -0.39 is 0 Å². The highest BCUT2D eigenvalue weighted by Gasteiger charge is 2.16. The Morgan fingerprint density at radius 2 is 1.57 bits per heavy atom. The van der Waals surface area contributed by atoms with Crippen LogP contribution in [-0.2, 0) is 6.42 Å². The molecular formula is C21H23. The van der Waals surface area contributed by atoms with E-state index in [-0.39, 0.29) is 0 Å². The first-order chi connectivity index (χ1) is 10.3. The zero-order valence-corrected chi connectivity index (χ0v) is 13.0. The summed E-state index contributed by atoms with van der Waals surface area (Å²) < 4.78 is 0. The molecule has 0 spiro atoms. The van der Waals surface area contributed by atoms with Gasteiger partial charge in [-0.05, 0) is 40.7 Å². The first kappa shape index (κ1) is 14.1. The lowest BCUT2D eigenvalue weighted by molar-refractivity contribution is 0.922. The average molecular weight is 275 g/mol. The third-order valence-corrected chi connectivity index (χ3v) is 4.15. The largest absolute Gasteiger partial charge is 0.0651 e. The second-order valence-electron chi connectivity index (χ2n) is 5.87. The Kier molecular flexibility index (Phi) is 4.24. The monoisotopic (exact) mass is 275 g/mol. The van der Waals surface area contributed by atoms with Gasteiger partial charge in [0.1, 0.15) is 0 Å². The van der Waals surface area contributed by atoms with E-state index in [0.717, 1.165) is 0 Å². The molecule has 0 heterocycles. The van der Waals surface area contributed by atoms with Crippen molar-refractivity contribution in [2.45, 2.75) is 39.5 Å². The third-order valence-electron chi connectivity index (χ3n) is 4.15. The highest BCUT2D eigenvalue weighted by atomic mass is 14.2. The highest BCUT2D eigenvalue weighted by Crippen LogP contribution is 2.36. The molecule has 1 aliphatic rings. The minimum absolute atomic E-state index is 1.17. The fraction of sp³-hybridized carbons (Fsp3) is 0.286. The van der Waals surface area contributed by atoms with E-state index in [1.54, 1.807) is 0 Å². The molecule has 0 unspecified atom stereocenters. The van der Waals surface area contributed by atoms with Gasteiger partial charge in [0.15, 0.2) is 0 Å². The van der Waals surface area contributed by atoms with E-state index in [4.69, 9.17) is 0 Å². The molecule has 1 radical (unpaired) electrons. The Labute approximate surface area is 128 Å². The van der Waals surface area contributed by atoms with Gasteiger partial charge in [-0.25, -0.2) is 0 Å². The smallest absolute Gasteiger partial charge is 0.0164 e. The predicted octanol–water partition coefficient (Wildman–Crippen LogP) is 6.06. The van der Waals surface area contributed by atoms with Gasteiger partial charge in [0.25, 0.3) is 0 Å². The molecule has 0 N–H and O–H groups in total. The Hall–Kier alpha value is -1.82. The Morgan fingerprint density at radius 3 is 2.29 bits per heavy atom. The standard InChI is InChI=1S/C21H23/c1-3-6-16-10-12-18(13-11-16)20-9-5-8-19-14-17(7-4-2)15-21(19)20/h5,8-15H,3-4,6-7H2,1-2H3. The van der Waals surface area contributed by atoms with Crippen molar-refractivity contribution >= 4 is 6.08 Å². The summed E-state index contributed by atoms with van der Waals surface area (Å²) in [5, 5.41) is 0. The van der Waals surface area contributed by atoms with Crippen molar-refractivity contribution in [2.24, 2.45) is 0 Å². The number of fused-ring (bicyclic) bond motifs is 1. The fourth-order valence-corrected chi connectivity index (χ4v) is 3.12. The van der Waals surface area contributed by atoms with Crippen LogP contribution in [-0.4, -0.2) is 0 Å². The van der Waals surface area contributed by atoms with E-state index in [2.05, 4.69) is 68.8 Å². The molecule has 21 heavy (non-hydrogen) atoms. The van der Waals surface area contributed by atoms with Crippen molar-refractivity contribution in [1.82, 2.24) is 0 Å². The van der Waals surface area contributed by atoms with Crippen LogP contribution >= 0.6 is 0 Å². The lowest BCUT2D eigenvalue weighted by Gasteiger charge is -2.08. The van der Waals surface area contributed by atoms with Gasteiger partial charge in [-0.2, -0.15) is 0 Å². The van der Waals surface area contributed by atoms with Crippen LogP contribution in [0.25, 0.3) is 17.2 Å². The Morgan fingerprint density at radius 1 is 0.810 bits per heavy atom.